The van der Waals surface area contributed by atoms with Crippen molar-refractivity contribution in [3.8, 4) is 0 Å². The first-order valence-electron chi connectivity index (χ1n) is 0.924. The van der Waals surface area contributed by atoms with Gasteiger partial charge in [-0.25, -0.2) is 0 Å². The van der Waals surface area contributed by atoms with Gasteiger partial charge >= 0.3 is 0 Å². The Bertz CT molecular complexity index is 94.0. The Balaban J connectivity index is 0. The Morgan fingerprint density at radius 2 is 1.50 bits per heavy atom. The molecule has 3 radical (unpaired) electrons. The van der Waals surface area contributed by atoms with Crippen molar-refractivity contribution in [1.29, 1.82) is 0 Å². The van der Waals surface area contributed by atoms with Crippen LogP contribution >= 0.6 is 0 Å². The molecule has 0 fully saturated rings. The van der Waals surface area contributed by atoms with Gasteiger partial charge in [-0.05, 0) is 0 Å². The Labute approximate surface area is 55.6 Å². The molecular weight excluding hydrogens is 301 g/mol. The fraction of sp³-hybridized carbons (Fsp3) is 1.00. The van der Waals surface area contributed by atoms with Crippen molar-refractivity contribution in [2.75, 3.05) is 6.26 Å². The van der Waals surface area contributed by atoms with Crippen LogP contribution in [0.3, 0.4) is 0 Å². The molecule has 3 nitrogen and oxygen atoms in total. The summed E-state index contributed by atoms with van der Waals surface area (Å²) in [6.07, 6.45) is 0.715. The zero-order valence-electron chi connectivity index (χ0n) is 3.12. The molecule has 0 atom stereocenters. The van der Waals surface area contributed by atoms with Gasteiger partial charge in [-0.15, -0.1) is 0 Å². The van der Waals surface area contributed by atoms with Gasteiger partial charge in [0.1, 0.15) is 0 Å². The molecule has 0 unspecified atom stereocenters. The average molecular weight is 305 g/mol. The maximum Gasteiger partial charge on any atom is 0.261 e. The second-order valence-corrected chi connectivity index (χ2v) is 2.20. The van der Waals surface area contributed by atoms with Crippen LogP contribution in [0.4, 0.5) is 0 Å². The molecular formula is CH4BiO3S. The Morgan fingerprint density at radius 3 is 1.50 bits per heavy atom. The smallest absolute Gasteiger partial charge is 0.261 e. The molecule has 5 heteroatoms. The molecule has 0 heterocycles. The summed E-state index contributed by atoms with van der Waals surface area (Å²) in [6, 6.07) is 0. The van der Waals surface area contributed by atoms with E-state index in [2.05, 4.69) is 0 Å². The van der Waals surface area contributed by atoms with E-state index in [9.17, 15) is 8.42 Å². The quantitative estimate of drug-likeness (QED) is 0.467. The first-order valence-corrected chi connectivity index (χ1v) is 2.77. The summed E-state index contributed by atoms with van der Waals surface area (Å²) < 4.78 is 25.9. The molecule has 0 aliphatic rings. The predicted molar refractivity (Wildman–Crippen MR) is 23.2 cm³/mol. The van der Waals surface area contributed by atoms with Crippen molar-refractivity contribution in [2.45, 2.75) is 0 Å². The van der Waals surface area contributed by atoms with E-state index in [-0.39, 0.29) is 26.2 Å². The molecule has 0 saturated carbocycles. The van der Waals surface area contributed by atoms with Gasteiger partial charge in [0, 0.05) is 26.2 Å². The summed E-state index contributed by atoms with van der Waals surface area (Å²) in [7, 11) is -3.67. The van der Waals surface area contributed by atoms with Gasteiger partial charge in [0.25, 0.3) is 10.1 Å². The predicted octanol–water partition coefficient (Wildman–Crippen LogP) is -0.877. The van der Waals surface area contributed by atoms with E-state index in [1.807, 2.05) is 0 Å². The third-order valence-electron chi connectivity index (χ3n) is 0. The van der Waals surface area contributed by atoms with Gasteiger partial charge in [0.05, 0.1) is 6.26 Å². The standard InChI is InChI=1S/CH4O3S.Bi/c1-5(2,3)4;/h1H3,(H,2,3,4);. The van der Waals surface area contributed by atoms with E-state index in [0.717, 1.165) is 0 Å². The van der Waals surface area contributed by atoms with Gasteiger partial charge in [-0.2, -0.15) is 8.42 Å². The third-order valence-corrected chi connectivity index (χ3v) is 0. The molecule has 0 aromatic rings. The fourth-order valence-electron chi connectivity index (χ4n) is 0. The van der Waals surface area contributed by atoms with E-state index in [1.165, 1.54) is 0 Å². The van der Waals surface area contributed by atoms with E-state index >= 15 is 0 Å². The molecule has 0 saturated heterocycles. The molecule has 0 bridgehead atoms. The Kier molecular flexibility index (Phi) is 4.77. The van der Waals surface area contributed by atoms with Crippen molar-refractivity contribution >= 4 is 36.3 Å². The molecule has 0 aromatic carbocycles. The second kappa shape index (κ2) is 2.88. The normalized spacial score (nSPS) is 9.67. The van der Waals surface area contributed by atoms with Crippen LogP contribution in [0.1, 0.15) is 0 Å². The zero-order valence-corrected chi connectivity index (χ0v) is 7.41. The summed E-state index contributed by atoms with van der Waals surface area (Å²) in [5, 5.41) is 0. The van der Waals surface area contributed by atoms with E-state index in [1.54, 1.807) is 0 Å². The number of rotatable bonds is 0. The van der Waals surface area contributed by atoms with E-state index in [0.29, 0.717) is 6.26 Å². The average Bonchev–Trinajstić information content (AvgIpc) is 0.722. The van der Waals surface area contributed by atoms with Gasteiger partial charge in [0.15, 0.2) is 0 Å². The van der Waals surface area contributed by atoms with Crippen LogP contribution in [-0.2, 0) is 10.1 Å². The molecule has 1 N–H and O–H groups in total. The first kappa shape index (κ1) is 9.92. The monoisotopic (exact) mass is 305 g/mol. The van der Waals surface area contributed by atoms with Gasteiger partial charge in [-0.3, -0.25) is 4.55 Å². The third kappa shape index (κ3) is 110. The van der Waals surface area contributed by atoms with Gasteiger partial charge < -0.3 is 0 Å². The van der Waals surface area contributed by atoms with Crippen molar-refractivity contribution in [2.24, 2.45) is 0 Å². The molecule has 0 aromatic heterocycles. The second-order valence-electron chi connectivity index (χ2n) is 0.733. The minimum Gasteiger partial charge on any atom is -0.286 e. The summed E-state index contributed by atoms with van der Waals surface area (Å²) >= 11 is 0. The maximum absolute atomic E-state index is 9.19. The molecule has 0 amide bonds. The summed E-state index contributed by atoms with van der Waals surface area (Å²) in [5.74, 6) is 0. The largest absolute Gasteiger partial charge is 0.286 e. The zero-order chi connectivity index (χ0) is 4.50. The van der Waals surface area contributed by atoms with Crippen molar-refractivity contribution < 1.29 is 13.0 Å². The van der Waals surface area contributed by atoms with Crippen molar-refractivity contribution in [1.82, 2.24) is 0 Å². The van der Waals surface area contributed by atoms with Crippen LogP contribution < -0.4 is 0 Å². The molecule has 0 aliphatic heterocycles. The minimum atomic E-state index is -3.67. The summed E-state index contributed by atoms with van der Waals surface area (Å²) in [4.78, 5) is 0. The number of hydrogen-bond acceptors (Lipinski definition) is 2. The van der Waals surface area contributed by atoms with Crippen LogP contribution in [-0.4, -0.2) is 45.4 Å². The van der Waals surface area contributed by atoms with Crippen LogP contribution in [0.25, 0.3) is 0 Å². The first-order chi connectivity index (χ1) is 2.00. The Morgan fingerprint density at radius 1 is 1.50 bits per heavy atom. The Hall–Kier alpha value is 0.793. The van der Waals surface area contributed by atoms with Crippen molar-refractivity contribution in [3.63, 3.8) is 0 Å². The minimum absolute atomic E-state index is 0. The SMILES string of the molecule is CS(=O)(=O)O.[Bi]. The topological polar surface area (TPSA) is 54.4 Å². The molecule has 0 aliphatic carbocycles. The number of hydrogen-bond donors (Lipinski definition) is 1. The summed E-state index contributed by atoms with van der Waals surface area (Å²) in [6.45, 7) is 0. The molecule has 0 spiro atoms. The maximum atomic E-state index is 9.19. The van der Waals surface area contributed by atoms with Crippen LogP contribution in [0.2, 0.25) is 0 Å². The van der Waals surface area contributed by atoms with Gasteiger partial charge in [0.2, 0.25) is 0 Å². The van der Waals surface area contributed by atoms with Gasteiger partial charge in [-0.1, -0.05) is 0 Å². The van der Waals surface area contributed by atoms with E-state index < -0.39 is 10.1 Å². The molecule has 0 rings (SSSR count). The summed E-state index contributed by atoms with van der Waals surface area (Å²) in [5.41, 5.74) is 0. The van der Waals surface area contributed by atoms with E-state index in [4.69, 9.17) is 4.55 Å². The molecule has 37 valence electrons. The molecule has 6 heavy (non-hydrogen) atoms. The van der Waals surface area contributed by atoms with Crippen LogP contribution in [0.15, 0.2) is 0 Å². The van der Waals surface area contributed by atoms with Crippen LogP contribution in [0.5, 0.6) is 0 Å². The van der Waals surface area contributed by atoms with Crippen molar-refractivity contribution in [3.05, 3.63) is 0 Å². The fourth-order valence-corrected chi connectivity index (χ4v) is 0. The van der Waals surface area contributed by atoms with Crippen LogP contribution in [0, 0.1) is 0 Å².